The Bertz CT molecular complexity index is 863. The number of rotatable bonds is 2. The molecule has 0 atom stereocenters. The van der Waals surface area contributed by atoms with Gasteiger partial charge in [0, 0.05) is 41.9 Å². The number of aromatic nitrogens is 3. The lowest BCUT2D eigenvalue weighted by atomic mass is 9.84. The molecule has 0 aromatic carbocycles. The number of hydrogen-bond donors (Lipinski definition) is 2. The highest BCUT2D eigenvalue weighted by atomic mass is 32.1. The number of thiazole rings is 1. The van der Waals surface area contributed by atoms with Crippen LogP contribution in [0.3, 0.4) is 0 Å². The molecule has 0 spiro atoms. The number of nitrogens with zero attached hydrogens (tertiary/aromatic N) is 2. The Balaban J connectivity index is 0.000000241. The molecule has 5 rings (SSSR count). The zero-order chi connectivity index (χ0) is 21.2. The van der Waals surface area contributed by atoms with Crippen LogP contribution in [0, 0.1) is 6.92 Å². The summed E-state index contributed by atoms with van der Waals surface area (Å²) in [5, 5.41) is 7.67. The van der Waals surface area contributed by atoms with E-state index < -0.39 is 0 Å². The van der Waals surface area contributed by atoms with Gasteiger partial charge < -0.3 is 15.0 Å². The molecular formula is C24H36N4OS. The third-order valence-corrected chi connectivity index (χ3v) is 6.36. The van der Waals surface area contributed by atoms with Gasteiger partial charge in [-0.05, 0) is 50.3 Å². The van der Waals surface area contributed by atoms with Gasteiger partial charge in [-0.2, -0.15) is 0 Å². The molecule has 0 amide bonds. The number of aryl methyl sites for hydroxylation is 1. The van der Waals surface area contributed by atoms with Gasteiger partial charge in [0.25, 0.3) is 0 Å². The van der Waals surface area contributed by atoms with Crippen LogP contribution < -0.4 is 5.32 Å². The van der Waals surface area contributed by atoms with E-state index in [2.05, 4.69) is 44.8 Å². The molecular weight excluding hydrogens is 392 g/mol. The number of ether oxygens (including phenoxy) is 1. The largest absolute Gasteiger partial charge is 0.380 e. The first-order valence-electron chi connectivity index (χ1n) is 11.5. The van der Waals surface area contributed by atoms with Crippen LogP contribution in [-0.4, -0.2) is 41.3 Å². The SMILES string of the molecule is C1CNCCOC1.CC.Cc1nc(-c2c[nH]c3ncc(C4CCCCC4)cc23)cs1. The van der Waals surface area contributed by atoms with Crippen molar-refractivity contribution in [1.82, 2.24) is 20.3 Å². The van der Waals surface area contributed by atoms with E-state index in [-0.39, 0.29) is 0 Å². The van der Waals surface area contributed by atoms with Crippen LogP contribution in [0.25, 0.3) is 22.3 Å². The van der Waals surface area contributed by atoms with Gasteiger partial charge in [-0.1, -0.05) is 33.1 Å². The smallest absolute Gasteiger partial charge is 0.137 e. The summed E-state index contributed by atoms with van der Waals surface area (Å²) in [6, 6.07) is 2.33. The lowest BCUT2D eigenvalue weighted by molar-refractivity contribution is 0.151. The monoisotopic (exact) mass is 428 g/mol. The Hall–Kier alpha value is -1.76. The third-order valence-electron chi connectivity index (χ3n) is 5.59. The predicted molar refractivity (Wildman–Crippen MR) is 127 cm³/mol. The summed E-state index contributed by atoms with van der Waals surface area (Å²) in [4.78, 5) is 12.5. The highest BCUT2D eigenvalue weighted by molar-refractivity contribution is 7.09. The Morgan fingerprint density at radius 2 is 1.90 bits per heavy atom. The molecule has 4 heterocycles. The van der Waals surface area contributed by atoms with E-state index in [0.717, 1.165) is 42.7 Å². The van der Waals surface area contributed by atoms with Gasteiger partial charge in [-0.3, -0.25) is 0 Å². The zero-order valence-electron chi connectivity index (χ0n) is 18.7. The maximum absolute atomic E-state index is 5.13. The van der Waals surface area contributed by atoms with Gasteiger partial charge in [0.1, 0.15) is 5.65 Å². The fourth-order valence-electron chi connectivity index (χ4n) is 4.05. The van der Waals surface area contributed by atoms with Crippen molar-refractivity contribution in [3.05, 3.63) is 34.4 Å². The zero-order valence-corrected chi connectivity index (χ0v) is 19.5. The summed E-state index contributed by atoms with van der Waals surface area (Å²) in [6.07, 6.45) is 12.0. The van der Waals surface area contributed by atoms with Crippen LogP contribution in [0.4, 0.5) is 0 Å². The van der Waals surface area contributed by atoms with Crippen LogP contribution in [0.2, 0.25) is 0 Å². The van der Waals surface area contributed by atoms with Crippen molar-refractivity contribution < 1.29 is 4.74 Å². The third kappa shape index (κ3) is 6.13. The molecule has 0 unspecified atom stereocenters. The van der Waals surface area contributed by atoms with Crippen LogP contribution in [0.5, 0.6) is 0 Å². The van der Waals surface area contributed by atoms with Crippen molar-refractivity contribution in [3.63, 3.8) is 0 Å². The molecule has 2 N–H and O–H groups in total. The van der Waals surface area contributed by atoms with E-state index in [1.807, 2.05) is 20.0 Å². The molecule has 1 aliphatic carbocycles. The molecule has 3 aromatic rings. The maximum Gasteiger partial charge on any atom is 0.137 e. The average Bonchev–Trinajstić information content (AvgIpc) is 3.30. The van der Waals surface area contributed by atoms with Crippen molar-refractivity contribution in [2.75, 3.05) is 26.3 Å². The Morgan fingerprint density at radius 3 is 2.67 bits per heavy atom. The Morgan fingerprint density at radius 1 is 1.07 bits per heavy atom. The van der Waals surface area contributed by atoms with Crippen molar-refractivity contribution in [3.8, 4) is 11.3 Å². The first kappa shape index (κ1) is 22.9. The standard InChI is InChI=1S/C17H19N3S.C5H11NO.C2H6/c1-11-20-16(10-21-11)15-9-19-17-14(15)7-13(8-18-17)12-5-3-2-4-6-12;1-2-6-3-5-7-4-1;1-2/h7-10,12H,2-6H2,1H3,(H,18,19);6H,1-5H2;1-2H3. The summed E-state index contributed by atoms with van der Waals surface area (Å²) in [7, 11) is 0. The molecule has 0 radical (unpaired) electrons. The van der Waals surface area contributed by atoms with Crippen molar-refractivity contribution >= 4 is 22.4 Å². The topological polar surface area (TPSA) is 62.8 Å². The number of aromatic amines is 1. The minimum atomic E-state index is 0.690. The van der Waals surface area contributed by atoms with Gasteiger partial charge in [-0.25, -0.2) is 9.97 Å². The van der Waals surface area contributed by atoms with Gasteiger partial charge in [0.05, 0.1) is 17.3 Å². The van der Waals surface area contributed by atoms with Crippen molar-refractivity contribution in [2.24, 2.45) is 0 Å². The summed E-state index contributed by atoms with van der Waals surface area (Å²) in [6.45, 7) is 10.0. The number of H-pyrrole nitrogens is 1. The number of hydrogen-bond acceptors (Lipinski definition) is 5. The number of nitrogens with one attached hydrogen (secondary N) is 2. The number of fused-ring (bicyclic) bond motifs is 1. The minimum absolute atomic E-state index is 0.690. The number of pyridine rings is 1. The first-order valence-corrected chi connectivity index (χ1v) is 12.4. The highest BCUT2D eigenvalue weighted by Gasteiger charge is 2.18. The van der Waals surface area contributed by atoms with Gasteiger partial charge >= 0.3 is 0 Å². The predicted octanol–water partition coefficient (Wildman–Crippen LogP) is 6.07. The van der Waals surface area contributed by atoms with E-state index in [1.54, 1.807) is 11.3 Å². The first-order chi connectivity index (χ1) is 14.8. The molecule has 6 heteroatoms. The van der Waals surface area contributed by atoms with Gasteiger partial charge in [0.2, 0.25) is 0 Å². The maximum atomic E-state index is 5.13. The molecule has 164 valence electrons. The average molecular weight is 429 g/mol. The molecule has 5 nitrogen and oxygen atoms in total. The molecule has 1 saturated carbocycles. The van der Waals surface area contributed by atoms with Gasteiger partial charge in [-0.15, -0.1) is 11.3 Å². The lowest BCUT2D eigenvalue weighted by Gasteiger charge is -2.21. The molecule has 1 aliphatic heterocycles. The van der Waals surface area contributed by atoms with E-state index >= 15 is 0 Å². The fourth-order valence-corrected chi connectivity index (χ4v) is 4.66. The van der Waals surface area contributed by atoms with Crippen LogP contribution in [-0.2, 0) is 4.74 Å². The molecule has 0 bridgehead atoms. The normalized spacial score (nSPS) is 17.4. The van der Waals surface area contributed by atoms with Gasteiger partial charge in [0.15, 0.2) is 0 Å². The molecule has 2 fully saturated rings. The summed E-state index contributed by atoms with van der Waals surface area (Å²) < 4.78 is 5.13. The van der Waals surface area contributed by atoms with Crippen LogP contribution in [0.15, 0.2) is 23.8 Å². The fraction of sp³-hybridized carbons (Fsp3) is 0.583. The second-order valence-electron chi connectivity index (χ2n) is 7.67. The van der Waals surface area contributed by atoms with E-state index in [1.165, 1.54) is 55.0 Å². The second-order valence-corrected chi connectivity index (χ2v) is 8.73. The lowest BCUT2D eigenvalue weighted by Crippen LogP contribution is -2.15. The second kappa shape index (κ2) is 12.2. The van der Waals surface area contributed by atoms with Crippen LogP contribution in [0.1, 0.15) is 68.9 Å². The Kier molecular flexibility index (Phi) is 9.30. The summed E-state index contributed by atoms with van der Waals surface area (Å²) in [5.74, 6) is 0.690. The molecule has 2 aliphatic rings. The molecule has 3 aromatic heterocycles. The van der Waals surface area contributed by atoms with E-state index in [0.29, 0.717) is 5.92 Å². The Labute approximate surface area is 184 Å². The van der Waals surface area contributed by atoms with Crippen LogP contribution >= 0.6 is 11.3 Å². The quantitative estimate of drug-likeness (QED) is 0.520. The minimum Gasteiger partial charge on any atom is -0.380 e. The summed E-state index contributed by atoms with van der Waals surface area (Å²) in [5.41, 5.74) is 4.61. The van der Waals surface area contributed by atoms with Crippen molar-refractivity contribution in [2.45, 2.75) is 65.2 Å². The molecule has 30 heavy (non-hydrogen) atoms. The van der Waals surface area contributed by atoms with E-state index in [4.69, 9.17) is 4.74 Å². The molecule has 1 saturated heterocycles. The van der Waals surface area contributed by atoms with E-state index in [9.17, 15) is 0 Å². The van der Waals surface area contributed by atoms with Crippen molar-refractivity contribution in [1.29, 1.82) is 0 Å². The highest BCUT2D eigenvalue weighted by Crippen LogP contribution is 2.35. The summed E-state index contributed by atoms with van der Waals surface area (Å²) >= 11 is 1.70.